The van der Waals surface area contributed by atoms with E-state index in [0.717, 1.165) is 11.1 Å². The van der Waals surface area contributed by atoms with Gasteiger partial charge < -0.3 is 10.1 Å². The maximum Gasteiger partial charge on any atom is 0.338 e. The summed E-state index contributed by atoms with van der Waals surface area (Å²) in [6, 6.07) is 13.9. The molecule has 0 atom stereocenters. The number of hydrogen-bond donors (Lipinski definition) is 2. The standard InChI is InChI=1S/C22H24FN3O2/c1-22(2,3)28-21(27)16-10-8-15(9-11-16)12-24-13-17-14-25-26-20(17)18-6-4-5-7-19(18)23/h4-11,14,24H,12-13H2,1-3H3,(H,25,26). The molecule has 0 bridgehead atoms. The Labute approximate surface area is 163 Å². The monoisotopic (exact) mass is 381 g/mol. The van der Waals surface area contributed by atoms with Crippen LogP contribution in [0.2, 0.25) is 0 Å². The molecule has 28 heavy (non-hydrogen) atoms. The van der Waals surface area contributed by atoms with Crippen molar-refractivity contribution >= 4 is 5.97 Å². The number of carbonyl (C=O) groups is 1. The molecule has 3 rings (SSSR count). The molecule has 1 heterocycles. The van der Waals surface area contributed by atoms with E-state index in [0.29, 0.717) is 29.9 Å². The largest absolute Gasteiger partial charge is 0.456 e. The Kier molecular flexibility index (Phi) is 5.90. The van der Waals surface area contributed by atoms with E-state index in [-0.39, 0.29) is 11.8 Å². The molecule has 6 heteroatoms. The Morgan fingerprint density at radius 1 is 1.11 bits per heavy atom. The van der Waals surface area contributed by atoms with Gasteiger partial charge in [0.15, 0.2) is 0 Å². The number of benzene rings is 2. The van der Waals surface area contributed by atoms with Crippen LogP contribution in [-0.2, 0) is 17.8 Å². The van der Waals surface area contributed by atoms with Crippen LogP contribution in [0.15, 0.2) is 54.7 Å². The second-order valence-electron chi connectivity index (χ2n) is 7.55. The van der Waals surface area contributed by atoms with Gasteiger partial charge in [-0.1, -0.05) is 24.3 Å². The van der Waals surface area contributed by atoms with Gasteiger partial charge in [-0.2, -0.15) is 5.10 Å². The number of carbonyl (C=O) groups excluding carboxylic acids is 1. The molecule has 2 N–H and O–H groups in total. The van der Waals surface area contributed by atoms with E-state index in [1.807, 2.05) is 32.9 Å². The Balaban J connectivity index is 1.59. The Morgan fingerprint density at radius 3 is 2.50 bits per heavy atom. The van der Waals surface area contributed by atoms with E-state index < -0.39 is 5.60 Å². The summed E-state index contributed by atoms with van der Waals surface area (Å²) in [4.78, 5) is 12.1. The van der Waals surface area contributed by atoms with Gasteiger partial charge in [0.05, 0.1) is 17.5 Å². The summed E-state index contributed by atoms with van der Waals surface area (Å²) in [6.45, 7) is 6.67. The van der Waals surface area contributed by atoms with E-state index >= 15 is 0 Å². The molecule has 5 nitrogen and oxygen atoms in total. The van der Waals surface area contributed by atoms with Crippen LogP contribution in [0.3, 0.4) is 0 Å². The van der Waals surface area contributed by atoms with Crippen LogP contribution in [-0.4, -0.2) is 21.8 Å². The average Bonchev–Trinajstić information content (AvgIpc) is 3.09. The van der Waals surface area contributed by atoms with Crippen molar-refractivity contribution in [2.45, 2.75) is 39.5 Å². The zero-order chi connectivity index (χ0) is 20.1. The highest BCUT2D eigenvalue weighted by Crippen LogP contribution is 2.23. The van der Waals surface area contributed by atoms with Gasteiger partial charge in [0.1, 0.15) is 11.4 Å². The fourth-order valence-electron chi connectivity index (χ4n) is 2.78. The first kappa shape index (κ1) is 19.8. The van der Waals surface area contributed by atoms with Crippen LogP contribution in [0.4, 0.5) is 4.39 Å². The smallest absolute Gasteiger partial charge is 0.338 e. The maximum atomic E-state index is 14.0. The molecule has 0 unspecified atom stereocenters. The minimum absolute atomic E-state index is 0.286. The van der Waals surface area contributed by atoms with Gasteiger partial charge in [0.2, 0.25) is 0 Å². The first-order valence-electron chi connectivity index (χ1n) is 9.13. The Bertz CT molecular complexity index is 943. The molecule has 2 aromatic carbocycles. The number of nitrogens with zero attached hydrogens (tertiary/aromatic N) is 1. The summed E-state index contributed by atoms with van der Waals surface area (Å²) in [5.74, 6) is -0.620. The summed E-state index contributed by atoms with van der Waals surface area (Å²) in [5, 5.41) is 10.2. The summed E-state index contributed by atoms with van der Waals surface area (Å²) in [7, 11) is 0. The maximum absolute atomic E-state index is 14.0. The van der Waals surface area contributed by atoms with Crippen molar-refractivity contribution in [3.8, 4) is 11.3 Å². The van der Waals surface area contributed by atoms with Gasteiger partial charge >= 0.3 is 5.97 Å². The minimum atomic E-state index is -0.516. The van der Waals surface area contributed by atoms with E-state index in [1.54, 1.807) is 36.5 Å². The molecule has 0 aliphatic rings. The topological polar surface area (TPSA) is 67.0 Å². The molecule has 0 aliphatic heterocycles. The van der Waals surface area contributed by atoms with Gasteiger partial charge in [-0.25, -0.2) is 9.18 Å². The van der Waals surface area contributed by atoms with Crippen LogP contribution >= 0.6 is 0 Å². The van der Waals surface area contributed by atoms with Crippen molar-refractivity contribution in [1.82, 2.24) is 15.5 Å². The number of rotatable bonds is 6. The van der Waals surface area contributed by atoms with E-state index in [2.05, 4.69) is 15.5 Å². The van der Waals surface area contributed by atoms with Crippen LogP contribution < -0.4 is 5.32 Å². The van der Waals surface area contributed by atoms with Gasteiger partial charge in [0, 0.05) is 24.2 Å². The zero-order valence-electron chi connectivity index (χ0n) is 16.3. The van der Waals surface area contributed by atoms with Crippen molar-refractivity contribution in [2.75, 3.05) is 0 Å². The van der Waals surface area contributed by atoms with E-state index in [9.17, 15) is 9.18 Å². The summed E-state index contributed by atoms with van der Waals surface area (Å²) >= 11 is 0. The number of hydrogen-bond acceptors (Lipinski definition) is 4. The fourth-order valence-corrected chi connectivity index (χ4v) is 2.78. The molecular formula is C22H24FN3O2. The van der Waals surface area contributed by atoms with Gasteiger partial charge in [-0.15, -0.1) is 0 Å². The van der Waals surface area contributed by atoms with Crippen LogP contribution in [0.25, 0.3) is 11.3 Å². The lowest BCUT2D eigenvalue weighted by molar-refractivity contribution is 0.00695. The predicted octanol–water partition coefficient (Wildman–Crippen LogP) is 4.46. The number of nitrogens with one attached hydrogen (secondary N) is 2. The Hall–Kier alpha value is -2.99. The molecule has 0 saturated carbocycles. The minimum Gasteiger partial charge on any atom is -0.456 e. The summed E-state index contributed by atoms with van der Waals surface area (Å²) < 4.78 is 19.4. The molecule has 0 fully saturated rings. The number of esters is 1. The molecule has 0 aliphatic carbocycles. The molecule has 0 saturated heterocycles. The lowest BCUT2D eigenvalue weighted by atomic mass is 10.1. The van der Waals surface area contributed by atoms with Crippen LogP contribution in [0.5, 0.6) is 0 Å². The fraction of sp³-hybridized carbons (Fsp3) is 0.273. The number of H-pyrrole nitrogens is 1. The first-order chi connectivity index (χ1) is 13.3. The second kappa shape index (κ2) is 8.35. The Morgan fingerprint density at radius 2 is 1.82 bits per heavy atom. The van der Waals surface area contributed by atoms with Crippen molar-refractivity contribution in [1.29, 1.82) is 0 Å². The molecule has 0 spiro atoms. The van der Waals surface area contributed by atoms with E-state index in [1.165, 1.54) is 6.07 Å². The van der Waals surface area contributed by atoms with Gasteiger partial charge in [0.25, 0.3) is 0 Å². The second-order valence-corrected chi connectivity index (χ2v) is 7.55. The van der Waals surface area contributed by atoms with Crippen LogP contribution in [0, 0.1) is 5.82 Å². The normalized spacial score (nSPS) is 11.4. The number of aromatic amines is 1. The highest BCUT2D eigenvalue weighted by molar-refractivity contribution is 5.89. The van der Waals surface area contributed by atoms with Crippen molar-refractivity contribution in [2.24, 2.45) is 0 Å². The molecular weight excluding hydrogens is 357 g/mol. The van der Waals surface area contributed by atoms with E-state index in [4.69, 9.17) is 4.74 Å². The SMILES string of the molecule is CC(C)(C)OC(=O)c1ccc(CNCc2cn[nH]c2-c2ccccc2F)cc1. The summed E-state index contributed by atoms with van der Waals surface area (Å²) in [6.07, 6.45) is 1.69. The third-order valence-corrected chi connectivity index (χ3v) is 4.09. The quantitative estimate of drug-likeness (QED) is 0.619. The summed E-state index contributed by atoms with van der Waals surface area (Å²) in [5.41, 5.74) is 3.09. The van der Waals surface area contributed by atoms with Gasteiger partial charge in [-0.05, 0) is 50.6 Å². The van der Waals surface area contributed by atoms with Crippen LogP contribution in [0.1, 0.15) is 42.3 Å². The molecule has 146 valence electrons. The van der Waals surface area contributed by atoms with Gasteiger partial charge in [-0.3, -0.25) is 5.10 Å². The highest BCUT2D eigenvalue weighted by atomic mass is 19.1. The molecule has 0 amide bonds. The average molecular weight is 381 g/mol. The van der Waals surface area contributed by atoms with Crippen molar-refractivity contribution < 1.29 is 13.9 Å². The highest BCUT2D eigenvalue weighted by Gasteiger charge is 2.17. The molecule has 3 aromatic rings. The lowest BCUT2D eigenvalue weighted by Gasteiger charge is -2.19. The third-order valence-electron chi connectivity index (χ3n) is 4.09. The molecule has 1 aromatic heterocycles. The van der Waals surface area contributed by atoms with Crippen molar-refractivity contribution in [3.63, 3.8) is 0 Å². The zero-order valence-corrected chi connectivity index (χ0v) is 16.3. The molecule has 0 radical (unpaired) electrons. The van der Waals surface area contributed by atoms with Crippen molar-refractivity contribution in [3.05, 3.63) is 77.2 Å². The number of aromatic nitrogens is 2. The lowest BCUT2D eigenvalue weighted by Crippen LogP contribution is -2.23. The first-order valence-corrected chi connectivity index (χ1v) is 9.13. The predicted molar refractivity (Wildman–Crippen MR) is 106 cm³/mol. The number of halogens is 1. The third kappa shape index (κ3) is 5.04. The number of ether oxygens (including phenoxy) is 1.